The molecule has 0 heterocycles. The summed E-state index contributed by atoms with van der Waals surface area (Å²) in [6.45, 7) is 1.33. The summed E-state index contributed by atoms with van der Waals surface area (Å²) in [7, 11) is 0. The van der Waals surface area contributed by atoms with Gasteiger partial charge in [0, 0.05) is 17.7 Å². The minimum atomic E-state index is -0.510. The Morgan fingerprint density at radius 1 is 0.593 bits per heavy atom. The number of rotatable bonds is 3. The van der Waals surface area contributed by atoms with E-state index >= 15 is 0 Å². The van der Waals surface area contributed by atoms with E-state index in [2.05, 4.69) is 0 Å². The summed E-state index contributed by atoms with van der Waals surface area (Å²) >= 11 is 0. The van der Waals surface area contributed by atoms with Gasteiger partial charge in [0.1, 0.15) is 0 Å². The largest absolute Gasteiger partial charge is 0.422 e. The van der Waals surface area contributed by atoms with Crippen LogP contribution in [-0.4, -0.2) is 11.9 Å². The molecule has 132 valence electrons. The summed E-state index contributed by atoms with van der Waals surface area (Å²) in [6, 6.07) is 23.9. The lowest BCUT2D eigenvalue weighted by Crippen LogP contribution is -2.11. The maximum absolute atomic E-state index is 12.7. The zero-order valence-corrected chi connectivity index (χ0v) is 14.6. The molecule has 0 aliphatic carbocycles. The average Bonchev–Trinajstić information content (AvgIpc) is 2.70. The van der Waals surface area contributed by atoms with E-state index in [1.807, 2.05) is 54.6 Å². The maximum atomic E-state index is 12.7. The third kappa shape index (κ3) is 3.13. The predicted molar refractivity (Wildman–Crippen MR) is 104 cm³/mol. The number of fused-ring (bicyclic) bond motifs is 3. The van der Waals surface area contributed by atoms with Gasteiger partial charge in [-0.05, 0) is 22.9 Å². The van der Waals surface area contributed by atoms with Crippen molar-refractivity contribution in [3.63, 3.8) is 0 Å². The van der Waals surface area contributed by atoms with E-state index in [1.165, 1.54) is 6.92 Å². The van der Waals surface area contributed by atoms with Gasteiger partial charge < -0.3 is 9.47 Å². The molecule has 0 atom stereocenters. The molecule has 4 aromatic carbocycles. The van der Waals surface area contributed by atoms with Crippen LogP contribution >= 0.6 is 0 Å². The molecule has 0 amide bonds. The number of carbonyl (C=O) groups is 2. The summed E-state index contributed by atoms with van der Waals surface area (Å²) in [5.41, 5.74) is 0.420. The molecule has 0 aliphatic rings. The number of esters is 2. The minimum Gasteiger partial charge on any atom is -0.422 e. The van der Waals surface area contributed by atoms with Crippen molar-refractivity contribution in [1.82, 2.24) is 0 Å². The molecular formula is C23H16O4. The van der Waals surface area contributed by atoms with E-state index in [4.69, 9.17) is 9.47 Å². The molecule has 0 spiro atoms. The Kier molecular flexibility index (Phi) is 4.30. The van der Waals surface area contributed by atoms with Crippen molar-refractivity contribution in [2.24, 2.45) is 0 Å². The van der Waals surface area contributed by atoms with Gasteiger partial charge in [-0.25, -0.2) is 4.79 Å². The van der Waals surface area contributed by atoms with E-state index in [9.17, 15) is 9.59 Å². The lowest BCUT2D eigenvalue weighted by molar-refractivity contribution is -0.131. The number of ether oxygens (including phenoxy) is 2. The van der Waals surface area contributed by atoms with E-state index in [-0.39, 0.29) is 11.5 Å². The molecule has 0 N–H and O–H groups in total. The first-order valence-corrected chi connectivity index (χ1v) is 8.54. The number of hydrogen-bond donors (Lipinski definition) is 0. The van der Waals surface area contributed by atoms with Crippen molar-refractivity contribution >= 4 is 33.5 Å². The normalized spacial score (nSPS) is 10.7. The summed E-state index contributed by atoms with van der Waals surface area (Å²) in [5.74, 6) is -0.494. The minimum absolute atomic E-state index is 0.244. The van der Waals surface area contributed by atoms with Gasteiger partial charge in [-0.2, -0.15) is 0 Å². The highest BCUT2D eigenvalue weighted by molar-refractivity contribution is 6.15. The van der Waals surface area contributed by atoms with Gasteiger partial charge in [-0.1, -0.05) is 66.7 Å². The second-order valence-electron chi connectivity index (χ2n) is 6.10. The van der Waals surface area contributed by atoms with Gasteiger partial charge in [0.25, 0.3) is 0 Å². The molecule has 0 unspecified atom stereocenters. The van der Waals surface area contributed by atoms with E-state index in [0.29, 0.717) is 16.3 Å². The Labute approximate surface area is 155 Å². The second-order valence-corrected chi connectivity index (χ2v) is 6.10. The Morgan fingerprint density at radius 3 is 1.56 bits per heavy atom. The van der Waals surface area contributed by atoms with Crippen molar-refractivity contribution in [3.8, 4) is 11.5 Å². The monoisotopic (exact) mass is 356 g/mol. The van der Waals surface area contributed by atoms with Crippen LogP contribution in [0.1, 0.15) is 17.3 Å². The number of hydrogen-bond acceptors (Lipinski definition) is 4. The smallest absolute Gasteiger partial charge is 0.343 e. The quantitative estimate of drug-likeness (QED) is 0.290. The number of benzene rings is 4. The highest BCUT2D eigenvalue weighted by atomic mass is 16.6. The van der Waals surface area contributed by atoms with Crippen LogP contribution < -0.4 is 9.47 Å². The third-order valence-electron chi connectivity index (χ3n) is 4.29. The fourth-order valence-corrected chi connectivity index (χ4v) is 3.15. The summed E-state index contributed by atoms with van der Waals surface area (Å²) in [6.07, 6.45) is 0. The van der Waals surface area contributed by atoms with E-state index in [0.717, 1.165) is 10.8 Å². The van der Waals surface area contributed by atoms with Gasteiger partial charge in [-0.15, -0.1) is 0 Å². The fraction of sp³-hybridized carbons (Fsp3) is 0.0435. The second kappa shape index (κ2) is 6.92. The predicted octanol–water partition coefficient (Wildman–Crippen LogP) is 5.14. The van der Waals surface area contributed by atoms with Gasteiger partial charge in [0.15, 0.2) is 11.5 Å². The van der Waals surface area contributed by atoms with E-state index < -0.39 is 11.9 Å². The Morgan fingerprint density at radius 2 is 1.04 bits per heavy atom. The van der Waals surface area contributed by atoms with Gasteiger partial charge >= 0.3 is 11.9 Å². The molecule has 0 aromatic heterocycles. The molecule has 0 fully saturated rings. The first-order chi connectivity index (χ1) is 13.1. The SMILES string of the molecule is CC(=O)Oc1c(OC(=O)c2ccccc2)c2ccccc2c2ccccc12. The van der Waals surface area contributed by atoms with Crippen LogP contribution in [0.3, 0.4) is 0 Å². The third-order valence-corrected chi connectivity index (χ3v) is 4.29. The zero-order valence-electron chi connectivity index (χ0n) is 14.6. The molecule has 4 aromatic rings. The fourth-order valence-electron chi connectivity index (χ4n) is 3.15. The first kappa shape index (κ1) is 16.8. The van der Waals surface area contributed by atoms with Gasteiger partial charge in [0.2, 0.25) is 0 Å². The van der Waals surface area contributed by atoms with E-state index in [1.54, 1.807) is 24.3 Å². The van der Waals surface area contributed by atoms with Crippen molar-refractivity contribution in [3.05, 3.63) is 84.4 Å². The molecular weight excluding hydrogens is 340 g/mol. The molecule has 0 bridgehead atoms. The maximum Gasteiger partial charge on any atom is 0.343 e. The molecule has 4 nitrogen and oxygen atoms in total. The first-order valence-electron chi connectivity index (χ1n) is 8.54. The van der Waals surface area contributed by atoms with Crippen LogP contribution in [0.2, 0.25) is 0 Å². The molecule has 0 radical (unpaired) electrons. The van der Waals surface area contributed by atoms with Crippen LogP contribution in [0.25, 0.3) is 21.5 Å². The van der Waals surface area contributed by atoms with Gasteiger partial charge in [0.05, 0.1) is 5.56 Å². The molecule has 0 saturated carbocycles. The molecule has 4 rings (SSSR count). The molecule has 4 heteroatoms. The molecule has 27 heavy (non-hydrogen) atoms. The lowest BCUT2D eigenvalue weighted by atomic mass is 10.00. The van der Waals surface area contributed by atoms with Crippen LogP contribution in [0, 0.1) is 0 Å². The van der Waals surface area contributed by atoms with Gasteiger partial charge in [-0.3, -0.25) is 4.79 Å². The zero-order chi connectivity index (χ0) is 18.8. The van der Waals surface area contributed by atoms with Crippen molar-refractivity contribution in [2.75, 3.05) is 0 Å². The molecule has 0 saturated heterocycles. The van der Waals surface area contributed by atoms with Crippen molar-refractivity contribution in [2.45, 2.75) is 6.92 Å². The highest BCUT2D eigenvalue weighted by Gasteiger charge is 2.21. The Bertz CT molecular complexity index is 1160. The van der Waals surface area contributed by atoms with Crippen LogP contribution in [0.5, 0.6) is 11.5 Å². The van der Waals surface area contributed by atoms with Crippen LogP contribution in [-0.2, 0) is 4.79 Å². The van der Waals surface area contributed by atoms with Crippen molar-refractivity contribution < 1.29 is 19.1 Å². The summed E-state index contributed by atoms with van der Waals surface area (Å²) in [4.78, 5) is 24.4. The Hall–Kier alpha value is -3.66. The standard InChI is InChI=1S/C23H16O4/c1-15(24)26-21-19-13-7-5-11-17(19)18-12-6-8-14-20(18)22(21)27-23(25)16-9-3-2-4-10-16/h2-14H,1H3. The highest BCUT2D eigenvalue weighted by Crippen LogP contribution is 2.44. The topological polar surface area (TPSA) is 52.6 Å². The summed E-state index contributed by atoms with van der Waals surface area (Å²) in [5, 5.41) is 3.25. The number of carbonyl (C=O) groups excluding carboxylic acids is 2. The summed E-state index contributed by atoms with van der Waals surface area (Å²) < 4.78 is 11.2. The molecule has 0 aliphatic heterocycles. The van der Waals surface area contributed by atoms with Crippen LogP contribution in [0.15, 0.2) is 78.9 Å². The van der Waals surface area contributed by atoms with Crippen LogP contribution in [0.4, 0.5) is 0 Å². The Balaban J connectivity index is 1.98. The lowest BCUT2D eigenvalue weighted by Gasteiger charge is -2.16. The average molecular weight is 356 g/mol. The van der Waals surface area contributed by atoms with Crippen molar-refractivity contribution in [1.29, 1.82) is 0 Å².